The second-order valence-corrected chi connectivity index (χ2v) is 6.40. The summed E-state index contributed by atoms with van der Waals surface area (Å²) in [4.78, 5) is 2.55. The van der Waals surface area contributed by atoms with Gasteiger partial charge >= 0.3 is 0 Å². The number of likely N-dealkylation sites (tertiary alicyclic amines) is 1. The molecule has 2 heteroatoms. The highest BCUT2D eigenvalue weighted by Crippen LogP contribution is 2.60. The molecule has 0 spiro atoms. The van der Waals surface area contributed by atoms with Crippen LogP contribution in [0.5, 0.6) is 0 Å². The molecule has 2 nitrogen and oxygen atoms in total. The van der Waals surface area contributed by atoms with Crippen LogP contribution in [-0.2, 0) is 0 Å². The number of likely N-dealkylation sites (N-methyl/N-ethyl adjacent to an activating group) is 1. The molecule has 3 fully saturated rings. The highest BCUT2D eigenvalue weighted by Gasteiger charge is 2.53. The Bertz CT molecular complexity index is 243. The van der Waals surface area contributed by atoms with Crippen molar-refractivity contribution in [2.75, 3.05) is 26.7 Å². The third-order valence-corrected chi connectivity index (χ3v) is 5.11. The highest BCUT2D eigenvalue weighted by molar-refractivity contribution is 5.05. The molecule has 0 aromatic heterocycles. The van der Waals surface area contributed by atoms with Crippen molar-refractivity contribution in [1.29, 1.82) is 0 Å². The summed E-state index contributed by atoms with van der Waals surface area (Å²) in [7, 11) is 2.29. The van der Waals surface area contributed by atoms with E-state index in [4.69, 9.17) is 0 Å². The Morgan fingerprint density at radius 2 is 2.00 bits per heavy atom. The molecule has 2 saturated carbocycles. The lowest BCUT2D eigenvalue weighted by molar-refractivity contribution is 0.178. The molecule has 1 saturated heterocycles. The monoisotopic (exact) mass is 222 g/mol. The fourth-order valence-electron chi connectivity index (χ4n) is 3.48. The topological polar surface area (TPSA) is 15.3 Å². The summed E-state index contributed by atoms with van der Waals surface area (Å²) in [5, 5.41) is 3.77. The standard InChI is InChI=1S/C14H26N2/c1-16-9-3-2-4-13(16)10-15-11-14(7-8-14)12-5-6-12/h12-13,15H,2-11H2,1H3. The zero-order valence-corrected chi connectivity index (χ0v) is 10.7. The lowest BCUT2D eigenvalue weighted by Crippen LogP contribution is -2.44. The van der Waals surface area contributed by atoms with E-state index in [1.165, 1.54) is 64.6 Å². The first-order valence-electron chi connectivity index (χ1n) is 7.21. The Balaban J connectivity index is 1.39. The van der Waals surface area contributed by atoms with Crippen LogP contribution in [0, 0.1) is 11.3 Å². The van der Waals surface area contributed by atoms with Gasteiger partial charge in [0.1, 0.15) is 0 Å². The summed E-state index contributed by atoms with van der Waals surface area (Å²) in [6, 6.07) is 0.809. The average molecular weight is 222 g/mol. The Morgan fingerprint density at radius 1 is 1.19 bits per heavy atom. The summed E-state index contributed by atoms with van der Waals surface area (Å²) in [5.74, 6) is 1.10. The molecule has 1 heterocycles. The summed E-state index contributed by atoms with van der Waals surface area (Å²) >= 11 is 0. The van der Waals surface area contributed by atoms with E-state index in [2.05, 4.69) is 17.3 Å². The number of nitrogens with zero attached hydrogens (tertiary/aromatic N) is 1. The first-order chi connectivity index (χ1) is 7.80. The lowest BCUT2D eigenvalue weighted by atomic mass is 9.99. The van der Waals surface area contributed by atoms with E-state index in [-0.39, 0.29) is 0 Å². The molecule has 0 amide bonds. The fraction of sp³-hybridized carbons (Fsp3) is 1.00. The molecular formula is C14H26N2. The minimum Gasteiger partial charge on any atom is -0.315 e. The average Bonchev–Trinajstić information content (AvgIpc) is 3.15. The van der Waals surface area contributed by atoms with Gasteiger partial charge in [-0.2, -0.15) is 0 Å². The maximum absolute atomic E-state index is 3.77. The fourth-order valence-corrected chi connectivity index (χ4v) is 3.48. The summed E-state index contributed by atoms with van der Waals surface area (Å²) in [6.45, 7) is 3.84. The first-order valence-corrected chi connectivity index (χ1v) is 7.21. The van der Waals surface area contributed by atoms with Gasteiger partial charge in [0.25, 0.3) is 0 Å². The van der Waals surface area contributed by atoms with Crippen LogP contribution in [0.2, 0.25) is 0 Å². The predicted molar refractivity (Wildman–Crippen MR) is 67.5 cm³/mol. The van der Waals surface area contributed by atoms with Crippen molar-refractivity contribution < 1.29 is 0 Å². The molecule has 0 bridgehead atoms. The zero-order chi connectivity index (χ0) is 11.0. The lowest BCUT2D eigenvalue weighted by Gasteiger charge is -2.33. The third-order valence-electron chi connectivity index (χ3n) is 5.11. The van der Waals surface area contributed by atoms with Crippen LogP contribution in [0.15, 0.2) is 0 Å². The molecule has 2 aliphatic carbocycles. The van der Waals surface area contributed by atoms with Gasteiger partial charge in [0, 0.05) is 19.1 Å². The van der Waals surface area contributed by atoms with E-state index in [1.807, 2.05) is 0 Å². The maximum Gasteiger partial charge on any atom is 0.0217 e. The van der Waals surface area contributed by atoms with Crippen molar-refractivity contribution >= 4 is 0 Å². The van der Waals surface area contributed by atoms with Crippen molar-refractivity contribution in [2.24, 2.45) is 11.3 Å². The molecule has 1 N–H and O–H groups in total. The van der Waals surface area contributed by atoms with Crippen molar-refractivity contribution in [2.45, 2.75) is 51.0 Å². The largest absolute Gasteiger partial charge is 0.315 e. The van der Waals surface area contributed by atoms with Crippen LogP contribution in [0.25, 0.3) is 0 Å². The molecule has 92 valence electrons. The van der Waals surface area contributed by atoms with E-state index in [0.717, 1.165) is 17.4 Å². The molecule has 3 rings (SSSR count). The van der Waals surface area contributed by atoms with Gasteiger partial charge in [0.05, 0.1) is 0 Å². The van der Waals surface area contributed by atoms with Gasteiger partial charge < -0.3 is 10.2 Å². The van der Waals surface area contributed by atoms with Crippen LogP contribution in [0.3, 0.4) is 0 Å². The van der Waals surface area contributed by atoms with E-state index in [1.54, 1.807) is 0 Å². The number of rotatable bonds is 5. The summed E-state index contributed by atoms with van der Waals surface area (Å²) in [5.41, 5.74) is 0.771. The molecule has 3 aliphatic rings. The Labute approximate surface area is 99.8 Å². The SMILES string of the molecule is CN1CCCCC1CNCC1(C2CC2)CC1. The van der Waals surface area contributed by atoms with E-state index in [0.29, 0.717) is 0 Å². The second-order valence-electron chi connectivity index (χ2n) is 6.40. The molecule has 1 unspecified atom stereocenters. The van der Waals surface area contributed by atoms with Gasteiger partial charge in [-0.15, -0.1) is 0 Å². The third kappa shape index (κ3) is 2.28. The normalized spacial score (nSPS) is 33.9. The number of hydrogen-bond acceptors (Lipinski definition) is 2. The Kier molecular flexibility index (Phi) is 2.97. The predicted octanol–water partition coefficient (Wildman–Crippen LogP) is 2.25. The van der Waals surface area contributed by atoms with Crippen LogP contribution >= 0.6 is 0 Å². The first kappa shape index (κ1) is 11.0. The molecule has 1 aliphatic heterocycles. The quantitative estimate of drug-likeness (QED) is 0.767. The van der Waals surface area contributed by atoms with E-state index in [9.17, 15) is 0 Å². The minimum atomic E-state index is 0.771. The minimum absolute atomic E-state index is 0.771. The van der Waals surface area contributed by atoms with Gasteiger partial charge in [-0.1, -0.05) is 6.42 Å². The Hall–Kier alpha value is -0.0800. The van der Waals surface area contributed by atoms with Crippen LogP contribution in [0.4, 0.5) is 0 Å². The highest BCUT2D eigenvalue weighted by atomic mass is 15.2. The molecule has 0 radical (unpaired) electrons. The molecule has 0 aromatic rings. The van der Waals surface area contributed by atoms with Crippen molar-refractivity contribution in [3.8, 4) is 0 Å². The summed E-state index contributed by atoms with van der Waals surface area (Å²) < 4.78 is 0. The van der Waals surface area contributed by atoms with E-state index >= 15 is 0 Å². The molecular weight excluding hydrogens is 196 g/mol. The maximum atomic E-state index is 3.77. The van der Waals surface area contributed by atoms with Crippen LogP contribution in [0.1, 0.15) is 44.9 Å². The molecule has 0 aromatic carbocycles. The molecule has 1 atom stereocenters. The van der Waals surface area contributed by atoms with Gasteiger partial charge in [0.2, 0.25) is 0 Å². The smallest absolute Gasteiger partial charge is 0.0217 e. The van der Waals surface area contributed by atoms with Gasteiger partial charge in [0.15, 0.2) is 0 Å². The van der Waals surface area contributed by atoms with Crippen LogP contribution in [-0.4, -0.2) is 37.6 Å². The van der Waals surface area contributed by atoms with Gasteiger partial charge in [-0.05, 0) is 63.5 Å². The van der Waals surface area contributed by atoms with Crippen molar-refractivity contribution in [1.82, 2.24) is 10.2 Å². The van der Waals surface area contributed by atoms with E-state index < -0.39 is 0 Å². The zero-order valence-electron chi connectivity index (χ0n) is 10.7. The number of piperidine rings is 1. The van der Waals surface area contributed by atoms with Crippen LogP contribution < -0.4 is 5.32 Å². The number of nitrogens with one attached hydrogen (secondary N) is 1. The van der Waals surface area contributed by atoms with Gasteiger partial charge in [-0.3, -0.25) is 0 Å². The second kappa shape index (κ2) is 4.30. The Morgan fingerprint density at radius 3 is 2.62 bits per heavy atom. The van der Waals surface area contributed by atoms with Gasteiger partial charge in [-0.25, -0.2) is 0 Å². The van der Waals surface area contributed by atoms with Crippen molar-refractivity contribution in [3.05, 3.63) is 0 Å². The molecule has 16 heavy (non-hydrogen) atoms. The summed E-state index contributed by atoms with van der Waals surface area (Å²) in [6.07, 6.45) is 10.3. The van der Waals surface area contributed by atoms with Crippen molar-refractivity contribution in [3.63, 3.8) is 0 Å². The number of hydrogen-bond donors (Lipinski definition) is 1.